The van der Waals surface area contributed by atoms with Crippen LogP contribution in [0.1, 0.15) is 27.7 Å². The summed E-state index contributed by atoms with van der Waals surface area (Å²) >= 11 is 13.4. The minimum Gasteiger partial charge on any atom is -0.495 e. The van der Waals surface area contributed by atoms with E-state index in [0.29, 0.717) is 53.7 Å². The fourth-order valence-corrected chi connectivity index (χ4v) is 7.14. The SMILES string of the molecule is CNc1ncc2cc(-c3c(Cl)c(OC)cc(OC)c3Cl)c(=O)n(CCOC3CN(C(=O)C(C#N)=CC(C)(C)N4CC(C)N(C)C(C)C4)C3)c2n1. The highest BCUT2D eigenvalue weighted by molar-refractivity contribution is 6.41. The molecule has 0 spiro atoms. The van der Waals surface area contributed by atoms with E-state index in [1.54, 1.807) is 36.4 Å². The number of hydrogen-bond donors (Lipinski definition) is 1. The van der Waals surface area contributed by atoms with Crippen molar-refractivity contribution in [2.45, 2.75) is 58.0 Å². The van der Waals surface area contributed by atoms with Crippen LogP contribution in [0.3, 0.4) is 0 Å². The molecule has 13 nitrogen and oxygen atoms in total. The molecule has 4 heterocycles. The zero-order valence-corrected chi connectivity index (χ0v) is 31.2. The van der Waals surface area contributed by atoms with Crippen molar-refractivity contribution in [2.24, 2.45) is 0 Å². The van der Waals surface area contributed by atoms with Crippen LogP contribution in [-0.4, -0.2) is 120 Å². The summed E-state index contributed by atoms with van der Waals surface area (Å²) in [5, 5.41) is 13.8. The van der Waals surface area contributed by atoms with Gasteiger partial charge in [0.2, 0.25) is 5.95 Å². The van der Waals surface area contributed by atoms with Crippen molar-refractivity contribution in [1.29, 1.82) is 5.26 Å². The van der Waals surface area contributed by atoms with E-state index in [4.69, 9.17) is 37.4 Å². The number of nitrogens with zero attached hydrogens (tertiary/aromatic N) is 7. The number of pyridine rings is 1. The number of rotatable bonds is 11. The van der Waals surface area contributed by atoms with Gasteiger partial charge < -0.3 is 24.4 Å². The first kappa shape index (κ1) is 37.3. The van der Waals surface area contributed by atoms with Gasteiger partial charge in [-0.15, -0.1) is 0 Å². The lowest BCUT2D eigenvalue weighted by Crippen LogP contribution is -2.60. The van der Waals surface area contributed by atoms with E-state index >= 15 is 0 Å². The van der Waals surface area contributed by atoms with Crippen molar-refractivity contribution in [3.05, 3.63) is 50.4 Å². The molecule has 1 amide bonds. The van der Waals surface area contributed by atoms with Gasteiger partial charge in [0.1, 0.15) is 28.8 Å². The van der Waals surface area contributed by atoms with Gasteiger partial charge in [-0.1, -0.05) is 23.2 Å². The number of carbonyl (C=O) groups is 1. The van der Waals surface area contributed by atoms with Gasteiger partial charge >= 0.3 is 0 Å². The molecule has 2 atom stereocenters. The molecule has 2 aliphatic rings. The number of nitrogens with one attached hydrogen (secondary N) is 1. The minimum atomic E-state index is -0.475. The zero-order chi connectivity index (χ0) is 36.5. The average Bonchev–Trinajstić information content (AvgIpc) is 3.07. The molecule has 0 bridgehead atoms. The molecule has 2 aromatic heterocycles. The number of piperazine rings is 1. The summed E-state index contributed by atoms with van der Waals surface area (Å²) in [7, 11) is 6.74. The van der Waals surface area contributed by atoms with E-state index in [-0.39, 0.29) is 51.9 Å². The predicted octanol–water partition coefficient (Wildman–Crippen LogP) is 4.30. The van der Waals surface area contributed by atoms with Gasteiger partial charge in [-0.3, -0.25) is 24.0 Å². The van der Waals surface area contributed by atoms with Crippen LogP contribution in [0.25, 0.3) is 22.2 Å². The first-order valence-corrected chi connectivity index (χ1v) is 17.2. The quantitative estimate of drug-likeness (QED) is 0.224. The van der Waals surface area contributed by atoms with Crippen LogP contribution in [0.15, 0.2) is 34.8 Å². The molecule has 1 N–H and O–H groups in total. The van der Waals surface area contributed by atoms with Crippen molar-refractivity contribution < 1.29 is 19.0 Å². The third kappa shape index (κ3) is 7.27. The highest BCUT2D eigenvalue weighted by Gasteiger charge is 2.37. The Morgan fingerprint density at radius 3 is 2.28 bits per heavy atom. The molecule has 268 valence electrons. The Balaban J connectivity index is 1.32. The van der Waals surface area contributed by atoms with Crippen LogP contribution in [0.2, 0.25) is 10.0 Å². The highest BCUT2D eigenvalue weighted by Crippen LogP contribution is 2.45. The molecule has 50 heavy (non-hydrogen) atoms. The maximum Gasteiger partial charge on any atom is 0.264 e. The number of fused-ring (bicyclic) bond motifs is 1. The molecular weight excluding hydrogens is 683 g/mol. The number of aromatic nitrogens is 3. The normalized spacial score (nSPS) is 19.3. The van der Waals surface area contributed by atoms with Gasteiger partial charge in [-0.05, 0) is 46.9 Å². The first-order chi connectivity index (χ1) is 23.7. The number of anilines is 1. The molecule has 2 fully saturated rings. The van der Waals surface area contributed by atoms with Crippen molar-refractivity contribution in [3.63, 3.8) is 0 Å². The van der Waals surface area contributed by atoms with E-state index in [1.807, 2.05) is 13.8 Å². The summed E-state index contributed by atoms with van der Waals surface area (Å²) < 4.78 is 18.5. The Morgan fingerprint density at radius 1 is 1.10 bits per heavy atom. The fourth-order valence-electron chi connectivity index (χ4n) is 6.44. The lowest BCUT2D eigenvalue weighted by Gasteiger charge is -2.48. The number of nitriles is 1. The van der Waals surface area contributed by atoms with Gasteiger partial charge in [0.25, 0.3) is 11.5 Å². The molecule has 2 aliphatic heterocycles. The molecule has 5 rings (SSSR count). The number of halogens is 2. The number of amides is 1. The molecule has 3 aromatic rings. The van der Waals surface area contributed by atoms with Gasteiger partial charge in [-0.2, -0.15) is 10.2 Å². The highest BCUT2D eigenvalue weighted by atomic mass is 35.5. The monoisotopic (exact) mass is 726 g/mol. The Morgan fingerprint density at radius 2 is 1.72 bits per heavy atom. The Labute approximate surface area is 302 Å². The van der Waals surface area contributed by atoms with Crippen LogP contribution in [0, 0.1) is 11.3 Å². The number of ether oxygens (including phenoxy) is 3. The number of likely N-dealkylation sites (N-methyl/N-ethyl adjacent to an activating group) is 1. The summed E-state index contributed by atoms with van der Waals surface area (Å²) in [5.74, 6) is 0.617. The van der Waals surface area contributed by atoms with Crippen LogP contribution < -0.4 is 20.3 Å². The fraction of sp³-hybridized carbons (Fsp3) is 0.514. The summed E-state index contributed by atoms with van der Waals surface area (Å²) in [5.41, 5.74) is 0.112. The molecule has 15 heteroatoms. The molecule has 0 radical (unpaired) electrons. The summed E-state index contributed by atoms with van der Waals surface area (Å²) in [6, 6.07) is 6.05. The number of methoxy groups -OCH3 is 2. The number of carbonyl (C=O) groups excluding carboxylic acids is 1. The van der Waals surface area contributed by atoms with Gasteiger partial charge in [0, 0.05) is 74.1 Å². The molecule has 2 saturated heterocycles. The van der Waals surface area contributed by atoms with Crippen LogP contribution in [0.5, 0.6) is 11.5 Å². The van der Waals surface area contributed by atoms with Gasteiger partial charge in [-0.25, -0.2) is 4.98 Å². The van der Waals surface area contributed by atoms with Gasteiger partial charge in [0.15, 0.2) is 0 Å². The lowest BCUT2D eigenvalue weighted by atomic mass is 9.94. The lowest BCUT2D eigenvalue weighted by molar-refractivity contribution is -0.140. The predicted molar refractivity (Wildman–Crippen MR) is 194 cm³/mol. The van der Waals surface area contributed by atoms with Crippen molar-refractivity contribution >= 4 is 46.1 Å². The number of likely N-dealkylation sites (tertiary alicyclic amines) is 1. The standard InChI is InChI=1S/C35H44Cl2N8O5/c1-20-16-44(17-21(2)42(20)6)35(3,4)13-23(14-38)32(46)43-18-24(19-43)50-10-9-45-31-22(15-40-34(39-5)41-31)11-25(33(45)47)28-29(36)26(48-7)12-27(49-8)30(28)37/h11-13,15,20-21,24H,9-10,16-19H2,1-8H3,(H,39,40,41). The largest absolute Gasteiger partial charge is 0.495 e. The van der Waals surface area contributed by atoms with Crippen molar-refractivity contribution in [1.82, 2.24) is 29.2 Å². The molecule has 2 unspecified atom stereocenters. The van der Waals surface area contributed by atoms with E-state index in [9.17, 15) is 14.9 Å². The van der Waals surface area contributed by atoms with Crippen LogP contribution >= 0.6 is 23.2 Å². The molecule has 0 aliphatic carbocycles. The number of benzene rings is 1. The van der Waals surface area contributed by atoms with Crippen LogP contribution in [0.4, 0.5) is 5.95 Å². The second-order valence-corrected chi connectivity index (χ2v) is 14.1. The first-order valence-electron chi connectivity index (χ1n) is 16.4. The average molecular weight is 728 g/mol. The van der Waals surface area contributed by atoms with E-state index in [1.165, 1.54) is 18.8 Å². The van der Waals surface area contributed by atoms with Crippen molar-refractivity contribution in [2.75, 3.05) is 66.4 Å². The molecule has 0 saturated carbocycles. The van der Waals surface area contributed by atoms with E-state index in [2.05, 4.69) is 52.0 Å². The Hall–Kier alpha value is -3.93. The van der Waals surface area contributed by atoms with E-state index in [0.717, 1.165) is 13.1 Å². The third-order valence-corrected chi connectivity index (χ3v) is 10.5. The van der Waals surface area contributed by atoms with Gasteiger partial charge in [0.05, 0.1) is 49.1 Å². The second-order valence-electron chi connectivity index (χ2n) is 13.3. The topological polar surface area (TPSA) is 138 Å². The Bertz CT molecular complexity index is 1860. The maximum atomic E-state index is 14.1. The third-order valence-electron chi connectivity index (χ3n) is 9.72. The second kappa shape index (κ2) is 15.1. The number of hydrogen-bond acceptors (Lipinski definition) is 11. The molecular formula is C35H44Cl2N8O5. The Kier molecular flexibility index (Phi) is 11.3. The zero-order valence-electron chi connectivity index (χ0n) is 29.7. The summed E-state index contributed by atoms with van der Waals surface area (Å²) in [4.78, 5) is 42.6. The minimum absolute atomic E-state index is 0.119. The van der Waals surface area contributed by atoms with E-state index < -0.39 is 11.1 Å². The summed E-state index contributed by atoms with van der Waals surface area (Å²) in [6.07, 6.45) is 3.14. The molecule has 1 aromatic carbocycles. The van der Waals surface area contributed by atoms with Crippen molar-refractivity contribution in [3.8, 4) is 28.7 Å². The summed E-state index contributed by atoms with van der Waals surface area (Å²) in [6.45, 7) is 11.1. The maximum absolute atomic E-state index is 14.1. The van der Waals surface area contributed by atoms with Crippen LogP contribution in [-0.2, 0) is 16.1 Å². The smallest absolute Gasteiger partial charge is 0.264 e.